The van der Waals surface area contributed by atoms with E-state index in [1.54, 1.807) is 24.3 Å². The number of nitriles is 1. The molecule has 126 valence electrons. The third-order valence-electron chi connectivity index (χ3n) is 4.15. The molecule has 0 aromatic heterocycles. The lowest BCUT2D eigenvalue weighted by atomic mass is 10.0. The number of imide groups is 1. The van der Waals surface area contributed by atoms with Gasteiger partial charge >= 0.3 is 5.97 Å². The Morgan fingerprint density at radius 1 is 1.17 bits per heavy atom. The van der Waals surface area contributed by atoms with Crippen LogP contribution in [0, 0.1) is 11.3 Å². The van der Waals surface area contributed by atoms with Gasteiger partial charge < -0.3 is 4.74 Å². The Morgan fingerprint density at radius 3 is 2.33 bits per heavy atom. The van der Waals surface area contributed by atoms with Gasteiger partial charge in [0.1, 0.15) is 0 Å². The molecule has 0 spiro atoms. The Balaban J connectivity index is 2.12. The fraction of sp³-hybridized carbons (Fsp3) is 0.444. The Hall–Kier alpha value is -2.68. The molecule has 2 rings (SSSR count). The Morgan fingerprint density at radius 2 is 1.79 bits per heavy atom. The van der Waals surface area contributed by atoms with Crippen molar-refractivity contribution < 1.29 is 19.1 Å². The zero-order valence-electron chi connectivity index (χ0n) is 13.7. The molecule has 6 heteroatoms. The summed E-state index contributed by atoms with van der Waals surface area (Å²) in [5.74, 6) is -1.17. The number of carbonyl (C=O) groups excluding carboxylic acids is 3. The summed E-state index contributed by atoms with van der Waals surface area (Å²) < 4.78 is 4.70. The number of nitrogens with zero attached hydrogens (tertiary/aromatic N) is 2. The number of ether oxygens (including phenoxy) is 1. The number of methoxy groups -OCH3 is 1. The van der Waals surface area contributed by atoms with Gasteiger partial charge in [0.25, 0.3) is 11.8 Å². The van der Waals surface area contributed by atoms with Gasteiger partial charge in [-0.25, -0.2) is 0 Å². The number of benzene rings is 1. The first-order valence-electron chi connectivity index (χ1n) is 8.00. The van der Waals surface area contributed by atoms with Crippen LogP contribution in [-0.2, 0) is 9.53 Å². The fourth-order valence-electron chi connectivity index (χ4n) is 2.90. The minimum Gasteiger partial charge on any atom is -0.469 e. The molecule has 0 fully saturated rings. The van der Waals surface area contributed by atoms with Crippen molar-refractivity contribution >= 4 is 17.8 Å². The number of amides is 2. The lowest BCUT2D eigenvalue weighted by molar-refractivity contribution is -0.141. The molecule has 1 aromatic carbocycles. The molecule has 1 aromatic rings. The van der Waals surface area contributed by atoms with E-state index in [9.17, 15) is 14.4 Å². The van der Waals surface area contributed by atoms with Gasteiger partial charge in [0.05, 0.1) is 36.8 Å². The number of esters is 1. The van der Waals surface area contributed by atoms with Crippen molar-refractivity contribution in [2.75, 3.05) is 7.11 Å². The van der Waals surface area contributed by atoms with Crippen molar-refractivity contribution in [3.63, 3.8) is 0 Å². The summed E-state index contributed by atoms with van der Waals surface area (Å²) in [4.78, 5) is 38.0. The summed E-state index contributed by atoms with van der Waals surface area (Å²) in [6.45, 7) is 0. The molecule has 1 aliphatic rings. The highest BCUT2D eigenvalue weighted by molar-refractivity contribution is 6.21. The highest BCUT2D eigenvalue weighted by Crippen LogP contribution is 2.27. The summed E-state index contributed by atoms with van der Waals surface area (Å²) in [7, 11) is 1.29. The van der Waals surface area contributed by atoms with E-state index in [1.807, 2.05) is 0 Å². The summed E-state index contributed by atoms with van der Waals surface area (Å²) in [5.41, 5.74) is 0.753. The summed E-state index contributed by atoms with van der Waals surface area (Å²) in [6.07, 6.45) is 3.30. The molecule has 0 saturated carbocycles. The molecule has 0 aliphatic carbocycles. The smallest absolute Gasteiger partial charge is 0.307 e. The summed E-state index contributed by atoms with van der Waals surface area (Å²) in [6, 6.07) is 8.24. The highest BCUT2D eigenvalue weighted by Gasteiger charge is 2.40. The van der Waals surface area contributed by atoms with E-state index < -0.39 is 12.0 Å². The van der Waals surface area contributed by atoms with Gasteiger partial charge in [-0.2, -0.15) is 5.26 Å². The molecule has 1 heterocycles. The maximum absolute atomic E-state index is 12.6. The highest BCUT2D eigenvalue weighted by atomic mass is 16.5. The van der Waals surface area contributed by atoms with Gasteiger partial charge in [0, 0.05) is 6.42 Å². The fourth-order valence-corrected chi connectivity index (χ4v) is 2.90. The quantitative estimate of drug-likeness (QED) is 0.416. The van der Waals surface area contributed by atoms with Gasteiger partial charge in [0.2, 0.25) is 0 Å². The van der Waals surface area contributed by atoms with Crippen LogP contribution in [0.5, 0.6) is 0 Å². The number of hydrogen-bond donors (Lipinski definition) is 0. The van der Waals surface area contributed by atoms with Crippen LogP contribution in [0.15, 0.2) is 24.3 Å². The van der Waals surface area contributed by atoms with Gasteiger partial charge in [-0.3, -0.25) is 19.3 Å². The van der Waals surface area contributed by atoms with E-state index in [0.717, 1.165) is 19.3 Å². The van der Waals surface area contributed by atoms with E-state index in [4.69, 9.17) is 10.00 Å². The van der Waals surface area contributed by atoms with Crippen molar-refractivity contribution in [2.45, 2.75) is 44.6 Å². The van der Waals surface area contributed by atoms with E-state index in [1.165, 1.54) is 12.0 Å². The van der Waals surface area contributed by atoms with Crippen LogP contribution in [0.2, 0.25) is 0 Å². The first-order valence-corrected chi connectivity index (χ1v) is 8.00. The van der Waals surface area contributed by atoms with Crippen molar-refractivity contribution in [3.05, 3.63) is 35.4 Å². The summed E-state index contributed by atoms with van der Waals surface area (Å²) >= 11 is 0. The third kappa shape index (κ3) is 3.80. The predicted octanol–water partition coefficient (Wildman–Crippen LogP) is 2.69. The van der Waals surface area contributed by atoms with Crippen molar-refractivity contribution in [2.24, 2.45) is 0 Å². The first kappa shape index (κ1) is 17.7. The van der Waals surface area contributed by atoms with E-state index in [2.05, 4.69) is 6.07 Å². The second kappa shape index (κ2) is 8.25. The van der Waals surface area contributed by atoms with Crippen LogP contribution >= 0.6 is 0 Å². The molecule has 1 aliphatic heterocycles. The zero-order valence-corrected chi connectivity index (χ0v) is 13.7. The molecule has 0 saturated heterocycles. The minimum absolute atomic E-state index is 0.0137. The number of carbonyl (C=O) groups is 3. The van der Waals surface area contributed by atoms with Crippen LogP contribution in [0.3, 0.4) is 0 Å². The molecule has 24 heavy (non-hydrogen) atoms. The van der Waals surface area contributed by atoms with Crippen molar-refractivity contribution in [3.8, 4) is 6.07 Å². The van der Waals surface area contributed by atoms with Gasteiger partial charge in [-0.1, -0.05) is 25.0 Å². The largest absolute Gasteiger partial charge is 0.469 e. The van der Waals surface area contributed by atoms with Crippen LogP contribution < -0.4 is 0 Å². The lowest BCUT2D eigenvalue weighted by Crippen LogP contribution is -2.41. The number of hydrogen-bond acceptors (Lipinski definition) is 5. The monoisotopic (exact) mass is 328 g/mol. The van der Waals surface area contributed by atoms with Gasteiger partial charge in [-0.05, 0) is 25.0 Å². The van der Waals surface area contributed by atoms with E-state index in [0.29, 0.717) is 24.0 Å². The molecule has 1 atom stereocenters. The van der Waals surface area contributed by atoms with E-state index >= 15 is 0 Å². The number of rotatable bonds is 8. The van der Waals surface area contributed by atoms with Crippen LogP contribution in [0.25, 0.3) is 0 Å². The Kier molecular flexibility index (Phi) is 6.07. The summed E-state index contributed by atoms with van der Waals surface area (Å²) in [5, 5.41) is 8.56. The molecule has 0 bridgehead atoms. The molecule has 1 unspecified atom stereocenters. The predicted molar refractivity (Wildman–Crippen MR) is 86.1 cm³/mol. The molecular weight excluding hydrogens is 308 g/mol. The SMILES string of the molecule is COC(=O)CC(CCCCCC#N)N1C(=O)c2ccccc2C1=O. The minimum atomic E-state index is -0.521. The van der Waals surface area contributed by atoms with E-state index in [-0.39, 0.29) is 18.2 Å². The van der Waals surface area contributed by atoms with Crippen molar-refractivity contribution in [1.82, 2.24) is 4.90 Å². The second-order valence-electron chi connectivity index (χ2n) is 5.72. The lowest BCUT2D eigenvalue weighted by Gasteiger charge is -2.25. The molecule has 2 amide bonds. The topological polar surface area (TPSA) is 87.5 Å². The zero-order chi connectivity index (χ0) is 17.5. The first-order chi connectivity index (χ1) is 11.6. The standard InChI is InChI=1S/C18H20N2O4/c1-24-16(21)12-13(8-4-2-3-7-11-19)20-17(22)14-9-5-6-10-15(14)18(20)23/h5-6,9-10,13H,2-4,7-8,12H2,1H3. The average molecular weight is 328 g/mol. The third-order valence-corrected chi connectivity index (χ3v) is 4.15. The van der Waals surface area contributed by atoms with Crippen LogP contribution in [0.4, 0.5) is 0 Å². The normalized spacial score (nSPS) is 14.2. The van der Waals surface area contributed by atoms with Crippen LogP contribution in [-0.4, -0.2) is 35.8 Å². The second-order valence-corrected chi connectivity index (χ2v) is 5.72. The average Bonchev–Trinajstić information content (AvgIpc) is 2.85. The molecule has 0 radical (unpaired) electrons. The maximum atomic E-state index is 12.6. The van der Waals surface area contributed by atoms with Crippen molar-refractivity contribution in [1.29, 1.82) is 5.26 Å². The molecule has 0 N–H and O–H groups in total. The Bertz CT molecular complexity index is 643. The number of unbranched alkanes of at least 4 members (excludes halogenated alkanes) is 3. The van der Waals surface area contributed by atoms with Gasteiger partial charge in [-0.15, -0.1) is 0 Å². The van der Waals surface area contributed by atoms with Gasteiger partial charge in [0.15, 0.2) is 0 Å². The number of fused-ring (bicyclic) bond motifs is 1. The van der Waals surface area contributed by atoms with Crippen LogP contribution in [0.1, 0.15) is 59.2 Å². The molecule has 6 nitrogen and oxygen atoms in total. The maximum Gasteiger partial charge on any atom is 0.307 e. The Labute approximate surface area is 141 Å². The molecular formula is C18H20N2O4.